The standard InChI is InChI=1S/C15H12FN3O2/c16-12-2-1-9(7-17)11(3-12)8-21-15(20)10-4-13(18)6-14(19)5-10/h1-6H,8,18-19H2. The van der Waals surface area contributed by atoms with E-state index in [0.29, 0.717) is 16.9 Å². The van der Waals surface area contributed by atoms with Crippen molar-refractivity contribution in [2.24, 2.45) is 0 Å². The molecule has 0 fully saturated rings. The van der Waals surface area contributed by atoms with Gasteiger partial charge >= 0.3 is 5.97 Å². The highest BCUT2D eigenvalue weighted by Crippen LogP contribution is 2.16. The van der Waals surface area contributed by atoms with E-state index in [4.69, 9.17) is 21.5 Å². The van der Waals surface area contributed by atoms with E-state index >= 15 is 0 Å². The lowest BCUT2D eigenvalue weighted by Gasteiger charge is -2.08. The highest BCUT2D eigenvalue weighted by Gasteiger charge is 2.11. The zero-order valence-electron chi connectivity index (χ0n) is 11.0. The minimum atomic E-state index is -0.651. The van der Waals surface area contributed by atoms with Gasteiger partial charge in [0.15, 0.2) is 0 Å². The molecule has 0 saturated carbocycles. The van der Waals surface area contributed by atoms with Gasteiger partial charge in [0.2, 0.25) is 0 Å². The van der Waals surface area contributed by atoms with Crippen LogP contribution in [0.25, 0.3) is 0 Å². The summed E-state index contributed by atoms with van der Waals surface area (Å²) >= 11 is 0. The van der Waals surface area contributed by atoms with Gasteiger partial charge in [-0.15, -0.1) is 0 Å². The van der Waals surface area contributed by atoms with E-state index in [2.05, 4.69) is 0 Å². The van der Waals surface area contributed by atoms with Gasteiger partial charge in [0.1, 0.15) is 12.4 Å². The van der Waals surface area contributed by atoms with Crippen molar-refractivity contribution in [3.05, 3.63) is 58.9 Å². The number of nitrogen functional groups attached to an aromatic ring is 2. The molecular formula is C15H12FN3O2. The molecule has 0 radical (unpaired) electrons. The first kappa shape index (κ1) is 14.3. The molecule has 0 aliphatic heterocycles. The molecule has 5 nitrogen and oxygen atoms in total. The zero-order chi connectivity index (χ0) is 15.4. The van der Waals surface area contributed by atoms with Crippen LogP contribution in [0, 0.1) is 17.1 Å². The number of ether oxygens (including phenoxy) is 1. The second-order valence-corrected chi connectivity index (χ2v) is 4.38. The van der Waals surface area contributed by atoms with E-state index in [0.717, 1.165) is 6.07 Å². The van der Waals surface area contributed by atoms with Gasteiger partial charge in [-0.05, 0) is 36.4 Å². The van der Waals surface area contributed by atoms with Crippen LogP contribution in [0.3, 0.4) is 0 Å². The first-order chi connectivity index (χ1) is 9.99. The maximum atomic E-state index is 13.2. The van der Waals surface area contributed by atoms with E-state index in [1.165, 1.54) is 30.3 Å². The van der Waals surface area contributed by atoms with E-state index in [-0.39, 0.29) is 17.7 Å². The maximum absolute atomic E-state index is 13.2. The van der Waals surface area contributed by atoms with Crippen molar-refractivity contribution in [3.63, 3.8) is 0 Å². The number of hydrogen-bond acceptors (Lipinski definition) is 5. The van der Waals surface area contributed by atoms with E-state index in [9.17, 15) is 9.18 Å². The summed E-state index contributed by atoms with van der Waals surface area (Å²) < 4.78 is 18.2. The molecule has 0 spiro atoms. The first-order valence-electron chi connectivity index (χ1n) is 6.01. The molecule has 0 bridgehead atoms. The second-order valence-electron chi connectivity index (χ2n) is 4.38. The van der Waals surface area contributed by atoms with Gasteiger partial charge in [-0.2, -0.15) is 5.26 Å². The van der Waals surface area contributed by atoms with Gasteiger partial charge in [0, 0.05) is 16.9 Å². The largest absolute Gasteiger partial charge is 0.457 e. The number of rotatable bonds is 3. The third-order valence-corrected chi connectivity index (χ3v) is 2.76. The van der Waals surface area contributed by atoms with Crippen LogP contribution >= 0.6 is 0 Å². The average molecular weight is 285 g/mol. The van der Waals surface area contributed by atoms with Crippen molar-refractivity contribution in [1.29, 1.82) is 5.26 Å². The third-order valence-electron chi connectivity index (χ3n) is 2.76. The molecule has 0 unspecified atom stereocenters. The van der Waals surface area contributed by atoms with Crippen molar-refractivity contribution >= 4 is 17.3 Å². The van der Waals surface area contributed by atoms with Gasteiger partial charge in [0.25, 0.3) is 0 Å². The highest BCUT2D eigenvalue weighted by atomic mass is 19.1. The molecule has 0 saturated heterocycles. The summed E-state index contributed by atoms with van der Waals surface area (Å²) in [4.78, 5) is 11.9. The number of nitrogens with two attached hydrogens (primary N) is 2. The zero-order valence-corrected chi connectivity index (χ0v) is 11.0. The Kier molecular flexibility index (Phi) is 4.05. The Morgan fingerprint density at radius 1 is 1.19 bits per heavy atom. The molecule has 0 aliphatic rings. The lowest BCUT2D eigenvalue weighted by molar-refractivity contribution is 0.0472. The Balaban J connectivity index is 2.15. The molecule has 0 aromatic heterocycles. The van der Waals surface area contributed by atoms with Crippen LogP contribution in [-0.2, 0) is 11.3 Å². The molecule has 0 atom stereocenters. The van der Waals surface area contributed by atoms with Crippen LogP contribution in [0.4, 0.5) is 15.8 Å². The Morgan fingerprint density at radius 2 is 1.86 bits per heavy atom. The van der Waals surface area contributed by atoms with E-state index < -0.39 is 11.8 Å². The Bertz CT molecular complexity index is 718. The number of nitrogens with zero attached hydrogens (tertiary/aromatic N) is 1. The number of nitriles is 1. The van der Waals surface area contributed by atoms with Crippen LogP contribution in [0.2, 0.25) is 0 Å². The van der Waals surface area contributed by atoms with Gasteiger partial charge in [0.05, 0.1) is 17.2 Å². The molecular weight excluding hydrogens is 273 g/mol. The molecule has 2 aromatic carbocycles. The molecule has 6 heteroatoms. The monoisotopic (exact) mass is 285 g/mol. The second kappa shape index (κ2) is 5.92. The minimum absolute atomic E-state index is 0.197. The SMILES string of the molecule is N#Cc1ccc(F)cc1COC(=O)c1cc(N)cc(N)c1. The summed E-state index contributed by atoms with van der Waals surface area (Å²) in [6, 6.07) is 9.92. The summed E-state index contributed by atoms with van der Waals surface area (Å²) in [6.45, 7) is -0.214. The van der Waals surface area contributed by atoms with Crippen LogP contribution < -0.4 is 11.5 Å². The summed E-state index contributed by atoms with van der Waals surface area (Å²) in [7, 11) is 0. The molecule has 106 valence electrons. The van der Waals surface area contributed by atoms with Crippen molar-refractivity contribution in [2.75, 3.05) is 11.5 Å². The molecule has 0 amide bonds. The Labute approximate surface area is 120 Å². The van der Waals surface area contributed by atoms with Crippen LogP contribution in [0.15, 0.2) is 36.4 Å². The fourth-order valence-corrected chi connectivity index (χ4v) is 1.81. The smallest absolute Gasteiger partial charge is 0.338 e. The lowest BCUT2D eigenvalue weighted by atomic mass is 10.1. The summed E-state index contributed by atoms with van der Waals surface area (Å²) in [5.74, 6) is -1.16. The molecule has 0 heterocycles. The number of benzene rings is 2. The van der Waals surface area contributed by atoms with Gasteiger partial charge in [-0.25, -0.2) is 9.18 Å². The van der Waals surface area contributed by atoms with Crippen LogP contribution in [0.5, 0.6) is 0 Å². The summed E-state index contributed by atoms with van der Waals surface area (Å²) in [5.41, 5.74) is 12.6. The topological polar surface area (TPSA) is 102 Å². The lowest BCUT2D eigenvalue weighted by Crippen LogP contribution is -2.07. The fraction of sp³-hybridized carbons (Fsp3) is 0.0667. The number of esters is 1. The van der Waals surface area contributed by atoms with E-state index in [1.807, 2.05) is 6.07 Å². The average Bonchev–Trinajstić information content (AvgIpc) is 2.43. The Morgan fingerprint density at radius 3 is 2.48 bits per heavy atom. The minimum Gasteiger partial charge on any atom is -0.457 e. The number of anilines is 2. The van der Waals surface area contributed by atoms with E-state index in [1.54, 1.807) is 0 Å². The quantitative estimate of drug-likeness (QED) is 0.665. The third kappa shape index (κ3) is 3.48. The van der Waals surface area contributed by atoms with Crippen LogP contribution in [-0.4, -0.2) is 5.97 Å². The van der Waals surface area contributed by atoms with Gasteiger partial charge in [-0.3, -0.25) is 0 Å². The Hall–Kier alpha value is -3.07. The predicted molar refractivity (Wildman–Crippen MR) is 75.5 cm³/mol. The molecule has 0 aliphatic carbocycles. The fourth-order valence-electron chi connectivity index (χ4n) is 1.81. The number of halogens is 1. The number of carbonyl (C=O) groups excluding carboxylic acids is 1. The molecule has 2 rings (SSSR count). The maximum Gasteiger partial charge on any atom is 0.338 e. The number of hydrogen-bond donors (Lipinski definition) is 2. The summed E-state index contributed by atoms with van der Waals surface area (Å²) in [6.07, 6.45) is 0. The highest BCUT2D eigenvalue weighted by molar-refractivity contribution is 5.91. The van der Waals surface area contributed by atoms with Gasteiger partial charge in [-0.1, -0.05) is 0 Å². The molecule has 21 heavy (non-hydrogen) atoms. The number of carbonyl (C=O) groups is 1. The molecule has 4 N–H and O–H groups in total. The van der Waals surface area contributed by atoms with Crippen molar-refractivity contribution in [3.8, 4) is 6.07 Å². The van der Waals surface area contributed by atoms with Crippen molar-refractivity contribution < 1.29 is 13.9 Å². The predicted octanol–water partition coefficient (Wildman–Crippen LogP) is 2.22. The van der Waals surface area contributed by atoms with Crippen molar-refractivity contribution in [1.82, 2.24) is 0 Å². The summed E-state index contributed by atoms with van der Waals surface area (Å²) in [5, 5.41) is 8.92. The first-order valence-corrected chi connectivity index (χ1v) is 6.01. The van der Waals surface area contributed by atoms with Gasteiger partial charge < -0.3 is 16.2 Å². The molecule has 2 aromatic rings. The normalized spacial score (nSPS) is 9.90. The van der Waals surface area contributed by atoms with Crippen LogP contribution in [0.1, 0.15) is 21.5 Å². The van der Waals surface area contributed by atoms with Crippen molar-refractivity contribution in [2.45, 2.75) is 6.61 Å².